The highest BCUT2D eigenvalue weighted by molar-refractivity contribution is 4.74. The van der Waals surface area contributed by atoms with Gasteiger partial charge in [-0.2, -0.15) is 0 Å². The van der Waals surface area contributed by atoms with Gasteiger partial charge in [-0.15, -0.1) is 0 Å². The third kappa shape index (κ3) is 4.96. The van der Waals surface area contributed by atoms with E-state index in [-0.39, 0.29) is 0 Å². The molecule has 3 nitrogen and oxygen atoms in total. The Morgan fingerprint density at radius 1 is 1.33 bits per heavy atom. The van der Waals surface area contributed by atoms with Gasteiger partial charge in [-0.05, 0) is 46.2 Å². The summed E-state index contributed by atoms with van der Waals surface area (Å²) in [4.78, 5) is 0. The second kappa shape index (κ2) is 6.46. The standard InChI is InChI=1S/C12H25NO2/c1-9(7-13-4)8-14-12-5-10(2)15-11(3)6-12/h9-13H,5-8H2,1-4H3. The maximum Gasteiger partial charge on any atom is 0.0624 e. The molecule has 0 amide bonds. The smallest absolute Gasteiger partial charge is 0.0624 e. The first-order chi connectivity index (χ1) is 7.11. The quantitative estimate of drug-likeness (QED) is 0.759. The van der Waals surface area contributed by atoms with E-state index in [0.29, 0.717) is 24.2 Å². The molecule has 0 aromatic carbocycles. The second-order valence-corrected chi connectivity index (χ2v) is 4.85. The van der Waals surface area contributed by atoms with E-state index in [1.807, 2.05) is 7.05 Å². The highest BCUT2D eigenvalue weighted by atomic mass is 16.5. The largest absolute Gasteiger partial charge is 0.378 e. The van der Waals surface area contributed by atoms with Crippen molar-refractivity contribution in [1.29, 1.82) is 0 Å². The van der Waals surface area contributed by atoms with Crippen LogP contribution in [0.2, 0.25) is 0 Å². The van der Waals surface area contributed by atoms with E-state index < -0.39 is 0 Å². The lowest BCUT2D eigenvalue weighted by molar-refractivity contribution is -0.106. The molecule has 1 aliphatic rings. The minimum absolute atomic E-state index is 0.346. The summed E-state index contributed by atoms with van der Waals surface area (Å²) >= 11 is 0. The van der Waals surface area contributed by atoms with Crippen LogP contribution in [0, 0.1) is 5.92 Å². The van der Waals surface area contributed by atoms with Crippen molar-refractivity contribution in [2.45, 2.75) is 51.9 Å². The monoisotopic (exact) mass is 215 g/mol. The molecule has 3 atom stereocenters. The molecular weight excluding hydrogens is 190 g/mol. The summed E-state index contributed by atoms with van der Waals surface area (Å²) in [6, 6.07) is 0. The molecule has 0 aromatic heterocycles. The Balaban J connectivity index is 2.20. The van der Waals surface area contributed by atoms with Gasteiger partial charge in [-0.3, -0.25) is 0 Å². The molecule has 1 fully saturated rings. The fourth-order valence-corrected chi connectivity index (χ4v) is 2.19. The Morgan fingerprint density at radius 3 is 2.47 bits per heavy atom. The summed E-state index contributed by atoms with van der Waals surface area (Å²) < 4.78 is 11.6. The molecule has 0 spiro atoms. The van der Waals surface area contributed by atoms with Crippen molar-refractivity contribution in [3.63, 3.8) is 0 Å². The van der Waals surface area contributed by atoms with Crippen LogP contribution in [0.4, 0.5) is 0 Å². The third-order valence-corrected chi connectivity index (χ3v) is 2.82. The van der Waals surface area contributed by atoms with Crippen LogP contribution >= 0.6 is 0 Å². The molecule has 0 radical (unpaired) electrons. The maximum absolute atomic E-state index is 5.92. The van der Waals surface area contributed by atoms with E-state index in [1.165, 1.54) is 0 Å². The molecule has 1 saturated heterocycles. The first-order valence-electron chi connectivity index (χ1n) is 6.03. The number of hydrogen-bond acceptors (Lipinski definition) is 3. The molecule has 1 heterocycles. The van der Waals surface area contributed by atoms with E-state index in [0.717, 1.165) is 26.0 Å². The zero-order valence-corrected chi connectivity index (χ0v) is 10.5. The zero-order chi connectivity index (χ0) is 11.3. The van der Waals surface area contributed by atoms with Crippen molar-refractivity contribution >= 4 is 0 Å². The molecule has 90 valence electrons. The van der Waals surface area contributed by atoms with Crippen LogP contribution in [0.25, 0.3) is 0 Å². The predicted molar refractivity (Wildman–Crippen MR) is 62.1 cm³/mol. The van der Waals surface area contributed by atoms with Gasteiger partial charge in [0.2, 0.25) is 0 Å². The number of ether oxygens (including phenoxy) is 2. The summed E-state index contributed by atoms with van der Waals surface area (Å²) in [5, 5.41) is 3.17. The van der Waals surface area contributed by atoms with Gasteiger partial charge in [0.25, 0.3) is 0 Å². The molecule has 3 unspecified atom stereocenters. The molecule has 1 N–H and O–H groups in total. The molecule has 0 saturated carbocycles. The second-order valence-electron chi connectivity index (χ2n) is 4.85. The summed E-state index contributed by atoms with van der Waals surface area (Å²) in [6.45, 7) is 8.34. The Hall–Kier alpha value is -0.120. The third-order valence-electron chi connectivity index (χ3n) is 2.82. The topological polar surface area (TPSA) is 30.5 Å². The van der Waals surface area contributed by atoms with Crippen LogP contribution in [0.3, 0.4) is 0 Å². The highest BCUT2D eigenvalue weighted by Gasteiger charge is 2.25. The Kier molecular flexibility index (Phi) is 5.58. The molecule has 15 heavy (non-hydrogen) atoms. The van der Waals surface area contributed by atoms with Crippen LogP contribution in [-0.2, 0) is 9.47 Å². The van der Waals surface area contributed by atoms with Gasteiger partial charge in [0.15, 0.2) is 0 Å². The van der Waals surface area contributed by atoms with Crippen molar-refractivity contribution in [2.24, 2.45) is 5.92 Å². The van der Waals surface area contributed by atoms with Gasteiger partial charge in [0.1, 0.15) is 0 Å². The van der Waals surface area contributed by atoms with E-state index in [2.05, 4.69) is 26.1 Å². The molecule has 3 heteroatoms. The fraction of sp³-hybridized carbons (Fsp3) is 1.00. The zero-order valence-electron chi connectivity index (χ0n) is 10.5. The molecular formula is C12H25NO2. The molecule has 1 rings (SSSR count). The number of hydrogen-bond donors (Lipinski definition) is 1. The average molecular weight is 215 g/mol. The predicted octanol–water partition coefficient (Wildman–Crippen LogP) is 1.81. The van der Waals surface area contributed by atoms with Gasteiger partial charge in [0, 0.05) is 0 Å². The fourth-order valence-electron chi connectivity index (χ4n) is 2.19. The van der Waals surface area contributed by atoms with E-state index in [9.17, 15) is 0 Å². The molecule has 0 aliphatic carbocycles. The Morgan fingerprint density at radius 2 is 1.93 bits per heavy atom. The first-order valence-corrected chi connectivity index (χ1v) is 6.03. The minimum Gasteiger partial charge on any atom is -0.378 e. The Bertz CT molecular complexity index is 165. The van der Waals surface area contributed by atoms with Gasteiger partial charge in [0.05, 0.1) is 24.9 Å². The van der Waals surface area contributed by atoms with Crippen molar-refractivity contribution in [1.82, 2.24) is 5.32 Å². The van der Waals surface area contributed by atoms with Crippen molar-refractivity contribution in [3.8, 4) is 0 Å². The van der Waals surface area contributed by atoms with E-state index >= 15 is 0 Å². The summed E-state index contributed by atoms with van der Waals surface area (Å²) in [5.41, 5.74) is 0. The molecule has 0 aromatic rings. The van der Waals surface area contributed by atoms with Crippen LogP contribution in [0.15, 0.2) is 0 Å². The van der Waals surface area contributed by atoms with Gasteiger partial charge < -0.3 is 14.8 Å². The Labute approximate surface area is 93.5 Å². The molecule has 0 bridgehead atoms. The lowest BCUT2D eigenvalue weighted by Crippen LogP contribution is -2.35. The highest BCUT2D eigenvalue weighted by Crippen LogP contribution is 2.21. The number of nitrogens with one attached hydrogen (secondary N) is 1. The minimum atomic E-state index is 0.346. The van der Waals surface area contributed by atoms with Crippen LogP contribution in [0.5, 0.6) is 0 Å². The van der Waals surface area contributed by atoms with Gasteiger partial charge in [-0.25, -0.2) is 0 Å². The maximum atomic E-state index is 5.92. The summed E-state index contributed by atoms with van der Waals surface area (Å²) in [7, 11) is 1.98. The SMILES string of the molecule is CNCC(C)COC1CC(C)OC(C)C1. The van der Waals surface area contributed by atoms with Crippen LogP contribution in [0.1, 0.15) is 33.6 Å². The van der Waals surface area contributed by atoms with Gasteiger partial charge in [-0.1, -0.05) is 6.92 Å². The summed E-state index contributed by atoms with van der Waals surface area (Å²) in [6.07, 6.45) is 3.16. The first kappa shape index (κ1) is 12.9. The lowest BCUT2D eigenvalue weighted by atomic mass is 10.0. The van der Waals surface area contributed by atoms with Gasteiger partial charge >= 0.3 is 0 Å². The van der Waals surface area contributed by atoms with E-state index in [4.69, 9.17) is 9.47 Å². The van der Waals surface area contributed by atoms with Crippen molar-refractivity contribution in [3.05, 3.63) is 0 Å². The molecule has 1 aliphatic heterocycles. The summed E-state index contributed by atoms with van der Waals surface area (Å²) in [5.74, 6) is 0.587. The van der Waals surface area contributed by atoms with Crippen molar-refractivity contribution in [2.75, 3.05) is 20.2 Å². The van der Waals surface area contributed by atoms with Crippen LogP contribution in [-0.4, -0.2) is 38.5 Å². The van der Waals surface area contributed by atoms with Crippen LogP contribution < -0.4 is 5.32 Å². The normalized spacial score (nSPS) is 34.0. The number of rotatable bonds is 5. The average Bonchev–Trinajstić information content (AvgIpc) is 2.14. The lowest BCUT2D eigenvalue weighted by Gasteiger charge is -2.32. The van der Waals surface area contributed by atoms with E-state index in [1.54, 1.807) is 0 Å². The van der Waals surface area contributed by atoms with Crippen molar-refractivity contribution < 1.29 is 9.47 Å².